The van der Waals surface area contributed by atoms with Crippen LogP contribution in [0.3, 0.4) is 0 Å². The van der Waals surface area contributed by atoms with E-state index in [0.717, 1.165) is 11.8 Å². The summed E-state index contributed by atoms with van der Waals surface area (Å²) in [5.74, 6) is 1.75. The van der Waals surface area contributed by atoms with Crippen LogP contribution in [0.25, 0.3) is 0 Å². The first-order chi connectivity index (χ1) is 5.16. The summed E-state index contributed by atoms with van der Waals surface area (Å²) < 4.78 is 0. The molecule has 0 aliphatic rings. The van der Waals surface area contributed by atoms with Crippen LogP contribution in [0, 0.1) is 18.3 Å². The predicted octanol–water partition coefficient (Wildman–Crippen LogP) is 4.06. The van der Waals surface area contributed by atoms with Crippen molar-refractivity contribution in [3.8, 4) is 0 Å². The average Bonchev–Trinajstić information content (AvgIpc) is 1.97. The van der Waals surface area contributed by atoms with Gasteiger partial charge in [0.1, 0.15) is 0 Å². The minimum absolute atomic E-state index is 0.840. The molecule has 0 saturated carbocycles. The Bertz CT molecular complexity index is 74.1. The van der Waals surface area contributed by atoms with Gasteiger partial charge in [-0.25, -0.2) is 0 Å². The third-order valence-corrected chi connectivity index (χ3v) is 2.20. The molecule has 0 rings (SSSR count). The maximum atomic E-state index is 2.44. The molecule has 0 fully saturated rings. The van der Waals surface area contributed by atoms with Crippen molar-refractivity contribution in [1.82, 2.24) is 0 Å². The van der Waals surface area contributed by atoms with Crippen LogP contribution in [-0.4, -0.2) is 0 Å². The number of hydrogen-bond donors (Lipinski definition) is 0. The third-order valence-electron chi connectivity index (χ3n) is 2.20. The van der Waals surface area contributed by atoms with E-state index in [0.29, 0.717) is 0 Å². The van der Waals surface area contributed by atoms with E-state index in [-0.39, 0.29) is 0 Å². The number of hydrogen-bond acceptors (Lipinski definition) is 0. The quantitative estimate of drug-likeness (QED) is 0.507. The van der Waals surface area contributed by atoms with Gasteiger partial charge in [-0.3, -0.25) is 0 Å². The molecule has 0 spiro atoms. The Balaban J connectivity index is 3.01. The van der Waals surface area contributed by atoms with Crippen LogP contribution in [0.15, 0.2) is 0 Å². The molecule has 0 aliphatic heterocycles. The molecule has 1 atom stereocenters. The molecule has 0 nitrogen and oxygen atoms in total. The molecule has 1 unspecified atom stereocenters. The van der Waals surface area contributed by atoms with Crippen molar-refractivity contribution in [1.29, 1.82) is 0 Å². The molecule has 1 radical (unpaired) electrons. The van der Waals surface area contributed by atoms with E-state index >= 15 is 0 Å². The van der Waals surface area contributed by atoms with Crippen LogP contribution in [0.4, 0.5) is 0 Å². The van der Waals surface area contributed by atoms with Gasteiger partial charge in [0, 0.05) is 0 Å². The first-order valence-electron chi connectivity index (χ1n) is 4.98. The molecule has 11 heavy (non-hydrogen) atoms. The van der Waals surface area contributed by atoms with Gasteiger partial charge in [-0.1, -0.05) is 40.5 Å². The van der Waals surface area contributed by atoms with Crippen LogP contribution in [0.1, 0.15) is 53.4 Å². The smallest absolute Gasteiger partial charge is 0.0383 e. The Morgan fingerprint density at radius 3 is 2.27 bits per heavy atom. The van der Waals surface area contributed by atoms with Gasteiger partial charge in [-0.2, -0.15) is 0 Å². The van der Waals surface area contributed by atoms with E-state index in [2.05, 4.69) is 34.1 Å². The topological polar surface area (TPSA) is 0 Å². The number of unbranched alkanes of at least 4 members (excludes halogenated alkanes) is 1. The number of rotatable bonds is 6. The van der Waals surface area contributed by atoms with Crippen molar-refractivity contribution in [2.75, 3.05) is 0 Å². The highest BCUT2D eigenvalue weighted by molar-refractivity contribution is 4.67. The van der Waals surface area contributed by atoms with Gasteiger partial charge < -0.3 is 0 Å². The normalized spacial score (nSPS) is 13.9. The molecule has 0 aromatic heterocycles. The summed E-state index contributed by atoms with van der Waals surface area (Å²) in [6.07, 6.45) is 7.75. The molecule has 0 saturated heterocycles. The lowest BCUT2D eigenvalue weighted by molar-refractivity contribution is 0.499. The van der Waals surface area contributed by atoms with Crippen molar-refractivity contribution in [3.05, 3.63) is 6.42 Å². The van der Waals surface area contributed by atoms with Crippen molar-refractivity contribution in [2.45, 2.75) is 53.4 Å². The highest BCUT2D eigenvalue weighted by Gasteiger charge is 1.99. The first-order valence-corrected chi connectivity index (χ1v) is 4.98. The minimum atomic E-state index is 0.840. The average molecular weight is 155 g/mol. The largest absolute Gasteiger partial charge is 0.0651 e. The van der Waals surface area contributed by atoms with Gasteiger partial charge >= 0.3 is 0 Å². The summed E-state index contributed by atoms with van der Waals surface area (Å²) in [4.78, 5) is 0. The summed E-state index contributed by atoms with van der Waals surface area (Å²) in [5.41, 5.74) is 0. The Morgan fingerprint density at radius 2 is 1.82 bits per heavy atom. The van der Waals surface area contributed by atoms with E-state index < -0.39 is 0 Å². The second-order valence-electron chi connectivity index (χ2n) is 4.01. The summed E-state index contributed by atoms with van der Waals surface area (Å²) in [5, 5.41) is 0. The second-order valence-corrected chi connectivity index (χ2v) is 4.01. The van der Waals surface area contributed by atoms with Crippen LogP contribution >= 0.6 is 0 Å². The lowest BCUT2D eigenvalue weighted by Gasteiger charge is -2.08. The molecular formula is C11H23. The second kappa shape index (κ2) is 6.69. The Morgan fingerprint density at radius 1 is 1.18 bits per heavy atom. The third kappa shape index (κ3) is 7.90. The highest BCUT2D eigenvalue weighted by atomic mass is 14.0. The lowest BCUT2D eigenvalue weighted by atomic mass is 9.98. The molecule has 0 aromatic rings. The standard InChI is InChI=1S/C11H23/c1-5-11(4)9-7-6-8-10(2)3/h6,10-11H,5,7-9H2,1-4H3. The zero-order valence-electron chi connectivity index (χ0n) is 8.56. The zero-order chi connectivity index (χ0) is 8.69. The Labute approximate surface area is 72.4 Å². The van der Waals surface area contributed by atoms with Gasteiger partial charge in [-0.05, 0) is 31.1 Å². The summed E-state index contributed by atoms with van der Waals surface area (Å²) in [6, 6.07) is 0. The Hall–Kier alpha value is 0. The molecule has 0 heterocycles. The highest BCUT2D eigenvalue weighted by Crippen LogP contribution is 2.13. The van der Waals surface area contributed by atoms with Crippen molar-refractivity contribution in [3.63, 3.8) is 0 Å². The molecule has 0 bridgehead atoms. The van der Waals surface area contributed by atoms with Crippen molar-refractivity contribution < 1.29 is 0 Å². The van der Waals surface area contributed by atoms with Crippen LogP contribution in [0.2, 0.25) is 0 Å². The molecular weight excluding hydrogens is 132 g/mol. The summed E-state index contributed by atoms with van der Waals surface area (Å²) >= 11 is 0. The Kier molecular flexibility index (Phi) is 6.69. The van der Waals surface area contributed by atoms with Crippen LogP contribution in [-0.2, 0) is 0 Å². The zero-order valence-corrected chi connectivity index (χ0v) is 8.56. The molecule has 67 valence electrons. The van der Waals surface area contributed by atoms with E-state index in [1.807, 2.05) is 0 Å². The van der Waals surface area contributed by atoms with Crippen molar-refractivity contribution >= 4 is 0 Å². The molecule has 0 aromatic carbocycles. The van der Waals surface area contributed by atoms with E-state index in [9.17, 15) is 0 Å². The lowest BCUT2D eigenvalue weighted by Crippen LogP contribution is -1.93. The van der Waals surface area contributed by atoms with Gasteiger partial charge in [0.25, 0.3) is 0 Å². The van der Waals surface area contributed by atoms with Gasteiger partial charge in [0.15, 0.2) is 0 Å². The summed E-state index contributed by atoms with van der Waals surface area (Å²) in [6.45, 7) is 9.16. The fraction of sp³-hybridized carbons (Fsp3) is 0.909. The first kappa shape index (κ1) is 11.0. The van der Waals surface area contributed by atoms with Gasteiger partial charge in [0.2, 0.25) is 0 Å². The van der Waals surface area contributed by atoms with Crippen LogP contribution in [0.5, 0.6) is 0 Å². The van der Waals surface area contributed by atoms with E-state index in [1.165, 1.54) is 25.7 Å². The fourth-order valence-corrected chi connectivity index (χ4v) is 1.06. The maximum Gasteiger partial charge on any atom is -0.0383 e. The molecule has 0 aliphatic carbocycles. The molecule has 0 amide bonds. The molecule has 0 heteroatoms. The SMILES string of the molecule is CCC(C)CC[CH]CC(C)C. The van der Waals surface area contributed by atoms with Gasteiger partial charge in [-0.15, -0.1) is 0 Å². The van der Waals surface area contributed by atoms with E-state index in [4.69, 9.17) is 0 Å². The monoisotopic (exact) mass is 155 g/mol. The minimum Gasteiger partial charge on any atom is -0.0651 e. The molecule has 0 N–H and O–H groups in total. The summed E-state index contributed by atoms with van der Waals surface area (Å²) in [7, 11) is 0. The van der Waals surface area contributed by atoms with E-state index in [1.54, 1.807) is 0 Å². The van der Waals surface area contributed by atoms with Gasteiger partial charge in [0.05, 0.1) is 0 Å². The maximum absolute atomic E-state index is 2.44. The van der Waals surface area contributed by atoms with Crippen molar-refractivity contribution in [2.24, 2.45) is 11.8 Å². The van der Waals surface area contributed by atoms with Crippen LogP contribution < -0.4 is 0 Å². The fourth-order valence-electron chi connectivity index (χ4n) is 1.06. The predicted molar refractivity (Wildman–Crippen MR) is 52.4 cm³/mol.